The van der Waals surface area contributed by atoms with Gasteiger partial charge in [-0.15, -0.1) is 0 Å². The number of halogens is 1. The topological polar surface area (TPSA) is 235 Å². The summed E-state index contributed by atoms with van der Waals surface area (Å²) < 4.78 is 16.7. The van der Waals surface area contributed by atoms with Crippen LogP contribution in [-0.2, 0) is 37.6 Å². The van der Waals surface area contributed by atoms with E-state index in [1.54, 1.807) is 0 Å². The minimum absolute atomic E-state index is 0.0798. The second kappa shape index (κ2) is 14.2. The van der Waals surface area contributed by atoms with Crippen LogP contribution in [0.5, 0.6) is 0 Å². The summed E-state index contributed by atoms with van der Waals surface area (Å²) in [7, 11) is 0. The van der Waals surface area contributed by atoms with Crippen molar-refractivity contribution in [1.82, 2.24) is 9.55 Å². The molecule has 0 unspecified atom stereocenters. The molecule has 3 aromatic rings. The van der Waals surface area contributed by atoms with Crippen LogP contribution in [0, 0.1) is 20.2 Å². The van der Waals surface area contributed by atoms with Gasteiger partial charge in [0.2, 0.25) is 0 Å². The number of aromatic nitrogens is 2. The van der Waals surface area contributed by atoms with Crippen molar-refractivity contribution in [1.29, 1.82) is 0 Å². The van der Waals surface area contributed by atoms with Crippen molar-refractivity contribution in [3.05, 3.63) is 102 Å². The molecule has 0 bridgehead atoms. The quantitative estimate of drug-likeness (QED) is 0.145. The number of ether oxygens (including phenoxy) is 3. The summed E-state index contributed by atoms with van der Waals surface area (Å²) in [5.74, 6) is -1.40. The summed E-state index contributed by atoms with van der Waals surface area (Å²) in [5, 5.41) is 44.5. The van der Waals surface area contributed by atoms with Gasteiger partial charge in [0, 0.05) is 43.7 Å². The van der Waals surface area contributed by atoms with E-state index in [0.717, 1.165) is 16.8 Å². The largest absolute Gasteiger partial charge is 0.462 e. The van der Waals surface area contributed by atoms with Crippen molar-refractivity contribution in [2.24, 2.45) is 0 Å². The minimum Gasteiger partial charge on any atom is -0.462 e. The number of carbonyl (C=O) groups excluding carboxylic acids is 2. The van der Waals surface area contributed by atoms with E-state index in [4.69, 9.17) is 25.8 Å². The smallest absolute Gasteiger partial charge is 0.412 e. The molecular weight excluding hydrogens is 622 g/mol. The number of nitrogens with one attached hydrogen (secondary N) is 1. The van der Waals surface area contributed by atoms with E-state index in [9.17, 15) is 44.8 Å². The van der Waals surface area contributed by atoms with E-state index in [0.29, 0.717) is 5.56 Å². The van der Waals surface area contributed by atoms with Gasteiger partial charge in [-0.05, 0) is 17.7 Å². The third-order valence-corrected chi connectivity index (χ3v) is 7.18. The Kier molecular flexibility index (Phi) is 10.4. The third kappa shape index (κ3) is 7.58. The summed E-state index contributed by atoms with van der Waals surface area (Å²) in [4.78, 5) is 63.3. The summed E-state index contributed by atoms with van der Waals surface area (Å²) in [6.45, 7) is -1.21. The van der Waals surface area contributed by atoms with Crippen LogP contribution in [0.3, 0.4) is 0 Å². The lowest BCUT2D eigenvalue weighted by Gasteiger charge is -2.28. The molecule has 238 valence electrons. The first-order valence-electron chi connectivity index (χ1n) is 13.3. The Labute approximate surface area is 258 Å². The molecule has 4 rings (SSSR count). The number of nitro benzene ring substituents is 2. The van der Waals surface area contributed by atoms with E-state index in [1.807, 2.05) is 0 Å². The van der Waals surface area contributed by atoms with Crippen LogP contribution in [0.2, 0.25) is 5.02 Å². The number of hydrogen-bond acceptors (Lipinski definition) is 13. The molecular formula is C27H26ClN5O12. The van der Waals surface area contributed by atoms with Crippen LogP contribution in [0.15, 0.2) is 59.5 Å². The predicted octanol–water partition coefficient (Wildman–Crippen LogP) is 2.09. The summed E-state index contributed by atoms with van der Waals surface area (Å²) in [5.41, 5.74) is -2.94. The number of anilines is 1. The molecule has 45 heavy (non-hydrogen) atoms. The molecule has 1 aliphatic heterocycles. The highest BCUT2D eigenvalue weighted by molar-refractivity contribution is 6.31. The SMILES string of the molecule is O=C(Nc1ccn([C@@]2(C(=O)OCCc3c(Cl)cccc3[N+](=O)[O-])C[C@H](O)[C@@H](CO)O2)c(=O)n1)OCCc1ccc([N+](=O)[O-])cc1. The number of aliphatic hydroxyl groups excluding tert-OH is 2. The zero-order valence-corrected chi connectivity index (χ0v) is 24.0. The van der Waals surface area contributed by atoms with Gasteiger partial charge in [-0.1, -0.05) is 29.8 Å². The highest BCUT2D eigenvalue weighted by atomic mass is 35.5. The van der Waals surface area contributed by atoms with Crippen molar-refractivity contribution in [3.8, 4) is 0 Å². The highest BCUT2D eigenvalue weighted by Crippen LogP contribution is 2.36. The Morgan fingerprint density at radius 3 is 2.42 bits per heavy atom. The number of aliphatic hydroxyl groups is 2. The first kappa shape index (κ1) is 32.9. The fourth-order valence-electron chi connectivity index (χ4n) is 4.59. The highest BCUT2D eigenvalue weighted by Gasteiger charge is 2.54. The van der Waals surface area contributed by atoms with Crippen LogP contribution in [0.1, 0.15) is 17.5 Å². The fraction of sp³-hybridized carbons (Fsp3) is 0.333. The first-order chi connectivity index (χ1) is 21.4. The molecule has 0 radical (unpaired) electrons. The number of esters is 1. The normalized spacial score (nSPS) is 19.1. The fourth-order valence-corrected chi connectivity index (χ4v) is 4.86. The van der Waals surface area contributed by atoms with Gasteiger partial charge in [0.15, 0.2) is 0 Å². The van der Waals surface area contributed by atoms with Gasteiger partial charge in [0.1, 0.15) is 11.9 Å². The van der Waals surface area contributed by atoms with Crippen molar-refractivity contribution in [2.45, 2.75) is 37.2 Å². The number of benzene rings is 2. The van der Waals surface area contributed by atoms with Gasteiger partial charge < -0.3 is 24.4 Å². The average Bonchev–Trinajstić information content (AvgIpc) is 3.35. The second-order valence-electron chi connectivity index (χ2n) is 9.68. The van der Waals surface area contributed by atoms with Gasteiger partial charge >= 0.3 is 17.8 Å². The molecule has 1 saturated heterocycles. The summed E-state index contributed by atoms with van der Waals surface area (Å²) >= 11 is 6.10. The molecule has 18 heteroatoms. The van der Waals surface area contributed by atoms with Gasteiger partial charge in [-0.3, -0.25) is 30.1 Å². The number of carbonyl (C=O) groups is 2. The number of nitrogens with zero attached hydrogens (tertiary/aromatic N) is 4. The van der Waals surface area contributed by atoms with Gasteiger partial charge in [-0.2, -0.15) is 4.98 Å². The van der Waals surface area contributed by atoms with Crippen molar-refractivity contribution in [3.63, 3.8) is 0 Å². The van der Waals surface area contributed by atoms with Gasteiger partial charge in [0.05, 0.1) is 46.4 Å². The lowest BCUT2D eigenvalue weighted by Crippen LogP contribution is -2.49. The minimum atomic E-state index is -2.27. The third-order valence-electron chi connectivity index (χ3n) is 6.83. The molecule has 0 aliphatic carbocycles. The molecule has 1 aromatic heterocycles. The molecule has 2 heterocycles. The summed E-state index contributed by atoms with van der Waals surface area (Å²) in [6, 6.07) is 10.9. The number of nitro groups is 2. The number of amides is 1. The molecule has 1 amide bonds. The Hall–Kier alpha value is -4.97. The lowest BCUT2D eigenvalue weighted by atomic mass is 10.1. The zero-order valence-electron chi connectivity index (χ0n) is 23.2. The monoisotopic (exact) mass is 647 g/mol. The Balaban J connectivity index is 1.44. The first-order valence-corrected chi connectivity index (χ1v) is 13.7. The van der Waals surface area contributed by atoms with E-state index in [-0.39, 0.29) is 47.2 Å². The number of rotatable bonds is 12. The second-order valence-corrected chi connectivity index (χ2v) is 10.1. The average molecular weight is 648 g/mol. The molecule has 3 N–H and O–H groups in total. The van der Waals surface area contributed by atoms with E-state index in [1.165, 1.54) is 42.5 Å². The predicted molar refractivity (Wildman–Crippen MR) is 154 cm³/mol. The standard InChI is InChI=1S/C27H26ClN5O12/c28-19-2-1-3-20(33(41)42)18(19)10-13-43-24(36)27(14-21(35)22(15-34)45-27)31-11-8-23(29-25(31)37)30-26(38)44-12-9-16-4-6-17(7-5-16)32(39)40/h1-8,11,21-22,34-35H,9-10,12-15H2,(H,29,30,37,38)/t21-,22+,27-/m0/s1. The van der Waals surface area contributed by atoms with Crippen LogP contribution in [-0.4, -0.2) is 73.7 Å². The maximum atomic E-state index is 13.4. The summed E-state index contributed by atoms with van der Waals surface area (Å²) in [6.07, 6.45) is -2.97. The van der Waals surface area contributed by atoms with E-state index < -0.39 is 65.2 Å². The van der Waals surface area contributed by atoms with Crippen LogP contribution < -0.4 is 11.0 Å². The van der Waals surface area contributed by atoms with Crippen LogP contribution in [0.25, 0.3) is 0 Å². The molecule has 0 spiro atoms. The van der Waals surface area contributed by atoms with E-state index >= 15 is 0 Å². The van der Waals surface area contributed by atoms with Crippen LogP contribution >= 0.6 is 11.6 Å². The Bertz CT molecular complexity index is 1650. The molecule has 1 fully saturated rings. The molecule has 17 nitrogen and oxygen atoms in total. The molecule has 1 aliphatic rings. The molecule has 0 saturated carbocycles. The Morgan fingerprint density at radius 2 is 1.80 bits per heavy atom. The lowest BCUT2D eigenvalue weighted by molar-refractivity contribution is -0.385. The van der Waals surface area contributed by atoms with Gasteiger partial charge in [0.25, 0.3) is 17.1 Å². The van der Waals surface area contributed by atoms with Crippen molar-refractivity contribution in [2.75, 3.05) is 25.1 Å². The van der Waals surface area contributed by atoms with Crippen LogP contribution in [0.4, 0.5) is 22.0 Å². The molecule has 3 atom stereocenters. The maximum absolute atomic E-state index is 13.4. The Morgan fingerprint density at radius 1 is 1.09 bits per heavy atom. The van der Waals surface area contributed by atoms with Crippen molar-refractivity contribution < 1.29 is 43.9 Å². The van der Waals surface area contributed by atoms with Crippen molar-refractivity contribution >= 4 is 40.9 Å². The number of non-ortho nitro benzene ring substituents is 1. The van der Waals surface area contributed by atoms with E-state index in [2.05, 4.69) is 10.3 Å². The number of hydrogen-bond donors (Lipinski definition) is 3. The zero-order chi connectivity index (χ0) is 32.7. The van der Waals surface area contributed by atoms with Gasteiger partial charge in [-0.25, -0.2) is 14.4 Å². The molecule has 2 aromatic carbocycles. The maximum Gasteiger partial charge on any atom is 0.412 e.